The van der Waals surface area contributed by atoms with E-state index in [1.54, 1.807) is 0 Å². The maximum Gasteiger partial charge on any atom is 0.0284 e. The van der Waals surface area contributed by atoms with Gasteiger partial charge in [-0.1, -0.05) is 26.3 Å². The topological polar surface area (TPSA) is 15.3 Å². The van der Waals surface area contributed by atoms with Crippen molar-refractivity contribution in [1.82, 2.24) is 10.2 Å². The molecule has 0 aromatic rings. The summed E-state index contributed by atoms with van der Waals surface area (Å²) in [6.07, 6.45) is 11.6. The molecule has 0 aromatic carbocycles. The summed E-state index contributed by atoms with van der Waals surface area (Å²) in [7, 11) is 0. The Morgan fingerprint density at radius 2 is 2.06 bits per heavy atom. The van der Waals surface area contributed by atoms with Gasteiger partial charge in [0, 0.05) is 12.6 Å². The van der Waals surface area contributed by atoms with Gasteiger partial charge in [-0.25, -0.2) is 0 Å². The Morgan fingerprint density at radius 3 is 2.56 bits per heavy atom. The highest BCUT2D eigenvalue weighted by Crippen LogP contribution is 2.21. The Bertz CT molecular complexity index is 168. The molecule has 0 bridgehead atoms. The predicted octanol–water partition coefficient (Wildman–Crippen LogP) is 3.15. The van der Waals surface area contributed by atoms with Gasteiger partial charge in [0.1, 0.15) is 0 Å². The molecule has 0 saturated carbocycles. The van der Waals surface area contributed by atoms with Crippen LogP contribution in [0.4, 0.5) is 0 Å². The fourth-order valence-electron chi connectivity index (χ4n) is 2.47. The highest BCUT2D eigenvalue weighted by Gasteiger charge is 2.19. The molecule has 1 atom stereocenters. The summed E-state index contributed by atoms with van der Waals surface area (Å²) in [5, 5.41) is 3.22. The summed E-state index contributed by atoms with van der Waals surface area (Å²) < 4.78 is 0. The molecule has 2 aliphatic heterocycles. The van der Waals surface area contributed by atoms with Crippen LogP contribution in [0.15, 0.2) is 12.8 Å². The first-order chi connectivity index (χ1) is 7.88. The highest BCUT2D eigenvalue weighted by molar-refractivity contribution is 4.85. The summed E-state index contributed by atoms with van der Waals surface area (Å²) >= 11 is 0. The van der Waals surface area contributed by atoms with E-state index in [0.29, 0.717) is 0 Å². The summed E-state index contributed by atoms with van der Waals surface area (Å²) in [6, 6.07) is 0.812. The van der Waals surface area contributed by atoms with E-state index in [2.05, 4.69) is 23.7 Å². The third kappa shape index (κ3) is 5.02. The second-order valence-corrected chi connectivity index (χ2v) is 4.82. The molecule has 1 N–H and O–H groups in total. The predicted molar refractivity (Wildman–Crippen MR) is 71.6 cm³/mol. The SMILES string of the molecule is C1CCNC1.C=CN1CCCC1CCCC. The van der Waals surface area contributed by atoms with Crippen LogP contribution in [0, 0.1) is 0 Å². The Kier molecular flexibility index (Phi) is 7.32. The van der Waals surface area contributed by atoms with Crippen molar-refractivity contribution in [3.05, 3.63) is 12.8 Å². The number of nitrogens with zero attached hydrogens (tertiary/aromatic N) is 1. The second kappa shape index (κ2) is 8.63. The van der Waals surface area contributed by atoms with E-state index in [4.69, 9.17) is 0 Å². The molecule has 16 heavy (non-hydrogen) atoms. The molecule has 0 aromatic heterocycles. The van der Waals surface area contributed by atoms with Crippen molar-refractivity contribution in [2.75, 3.05) is 19.6 Å². The smallest absolute Gasteiger partial charge is 0.0284 e. The molecule has 0 spiro atoms. The number of nitrogens with one attached hydrogen (secondary N) is 1. The van der Waals surface area contributed by atoms with Crippen LogP contribution in [0.25, 0.3) is 0 Å². The first-order valence-electron chi connectivity index (χ1n) is 6.97. The van der Waals surface area contributed by atoms with Gasteiger partial charge in [-0.15, -0.1) is 0 Å². The van der Waals surface area contributed by atoms with Gasteiger partial charge >= 0.3 is 0 Å². The number of hydrogen-bond acceptors (Lipinski definition) is 2. The molecule has 1 unspecified atom stereocenters. The number of rotatable bonds is 4. The standard InChI is InChI=1S/C10H19N.C4H9N/c1-3-5-7-10-8-6-9-11(10)4-2;1-2-4-5-3-1/h4,10H,2-3,5-9H2,1H3;5H,1-4H2. The molecule has 2 rings (SSSR count). The van der Waals surface area contributed by atoms with Gasteiger partial charge in [0.05, 0.1) is 0 Å². The van der Waals surface area contributed by atoms with E-state index in [0.717, 1.165) is 6.04 Å². The molecule has 2 saturated heterocycles. The number of hydrogen-bond donors (Lipinski definition) is 1. The minimum absolute atomic E-state index is 0.812. The van der Waals surface area contributed by atoms with Gasteiger partial charge in [-0.3, -0.25) is 0 Å². The molecule has 2 aliphatic rings. The van der Waals surface area contributed by atoms with E-state index in [9.17, 15) is 0 Å². The summed E-state index contributed by atoms with van der Waals surface area (Å²) in [5.41, 5.74) is 0. The van der Waals surface area contributed by atoms with Crippen molar-refractivity contribution in [2.24, 2.45) is 0 Å². The van der Waals surface area contributed by atoms with E-state index in [1.807, 2.05) is 6.20 Å². The van der Waals surface area contributed by atoms with Crippen LogP contribution < -0.4 is 5.32 Å². The van der Waals surface area contributed by atoms with Crippen molar-refractivity contribution >= 4 is 0 Å². The molecule has 94 valence electrons. The molecular weight excluding hydrogens is 196 g/mol. The van der Waals surface area contributed by atoms with Gasteiger partial charge in [0.2, 0.25) is 0 Å². The van der Waals surface area contributed by atoms with Crippen LogP contribution in [0.5, 0.6) is 0 Å². The van der Waals surface area contributed by atoms with Crippen molar-refractivity contribution < 1.29 is 0 Å². The lowest BCUT2D eigenvalue weighted by atomic mass is 10.1. The zero-order chi connectivity index (χ0) is 11.6. The summed E-state index contributed by atoms with van der Waals surface area (Å²) in [4.78, 5) is 2.40. The highest BCUT2D eigenvalue weighted by atomic mass is 15.2. The quantitative estimate of drug-likeness (QED) is 0.789. The van der Waals surface area contributed by atoms with Crippen molar-refractivity contribution in [3.8, 4) is 0 Å². The van der Waals surface area contributed by atoms with Crippen LogP contribution >= 0.6 is 0 Å². The van der Waals surface area contributed by atoms with E-state index in [1.165, 1.54) is 64.6 Å². The molecule has 2 fully saturated rings. The van der Waals surface area contributed by atoms with Crippen LogP contribution in [0.2, 0.25) is 0 Å². The maximum absolute atomic E-state index is 3.83. The molecule has 0 radical (unpaired) electrons. The van der Waals surface area contributed by atoms with E-state index >= 15 is 0 Å². The van der Waals surface area contributed by atoms with Crippen LogP contribution in [-0.4, -0.2) is 30.6 Å². The number of unbranched alkanes of at least 4 members (excludes halogenated alkanes) is 1. The van der Waals surface area contributed by atoms with E-state index in [-0.39, 0.29) is 0 Å². The molecule has 0 amide bonds. The van der Waals surface area contributed by atoms with Gasteiger partial charge in [0.25, 0.3) is 0 Å². The molecule has 2 heterocycles. The average molecular weight is 224 g/mol. The van der Waals surface area contributed by atoms with Crippen molar-refractivity contribution in [3.63, 3.8) is 0 Å². The monoisotopic (exact) mass is 224 g/mol. The van der Waals surface area contributed by atoms with Crippen LogP contribution in [0.3, 0.4) is 0 Å². The molecule has 2 heteroatoms. The first kappa shape index (κ1) is 13.6. The lowest BCUT2D eigenvalue weighted by molar-refractivity contribution is 0.327. The fourth-order valence-corrected chi connectivity index (χ4v) is 2.47. The van der Waals surface area contributed by atoms with E-state index < -0.39 is 0 Å². The van der Waals surface area contributed by atoms with Gasteiger partial charge in [0.15, 0.2) is 0 Å². The molecule has 2 nitrogen and oxygen atoms in total. The average Bonchev–Trinajstić information content (AvgIpc) is 2.99. The van der Waals surface area contributed by atoms with Gasteiger partial charge in [-0.2, -0.15) is 0 Å². The fraction of sp³-hybridized carbons (Fsp3) is 0.857. The van der Waals surface area contributed by atoms with Crippen molar-refractivity contribution in [2.45, 2.75) is 57.9 Å². The molecular formula is C14H28N2. The second-order valence-electron chi connectivity index (χ2n) is 4.82. The van der Waals surface area contributed by atoms with Crippen molar-refractivity contribution in [1.29, 1.82) is 0 Å². The Hall–Kier alpha value is -0.500. The third-order valence-corrected chi connectivity index (χ3v) is 3.51. The Morgan fingerprint density at radius 1 is 1.31 bits per heavy atom. The Balaban J connectivity index is 0.000000212. The van der Waals surface area contributed by atoms with Gasteiger partial charge < -0.3 is 10.2 Å². The first-order valence-corrected chi connectivity index (χ1v) is 6.97. The van der Waals surface area contributed by atoms with Gasteiger partial charge in [-0.05, 0) is 51.4 Å². The van der Waals surface area contributed by atoms with Crippen LogP contribution in [-0.2, 0) is 0 Å². The lowest BCUT2D eigenvalue weighted by Gasteiger charge is -2.21. The minimum atomic E-state index is 0.812. The lowest BCUT2D eigenvalue weighted by Crippen LogP contribution is -2.23. The maximum atomic E-state index is 3.83. The zero-order valence-corrected chi connectivity index (χ0v) is 10.9. The Labute approximate surface area is 101 Å². The molecule has 0 aliphatic carbocycles. The summed E-state index contributed by atoms with van der Waals surface area (Å²) in [5.74, 6) is 0. The normalized spacial score (nSPS) is 24.1. The third-order valence-electron chi connectivity index (χ3n) is 3.51. The summed E-state index contributed by atoms with van der Waals surface area (Å²) in [6.45, 7) is 9.82. The largest absolute Gasteiger partial charge is 0.375 e. The minimum Gasteiger partial charge on any atom is -0.375 e. The zero-order valence-electron chi connectivity index (χ0n) is 10.9. The number of likely N-dealkylation sites (tertiary alicyclic amines) is 1. The van der Waals surface area contributed by atoms with Crippen LogP contribution in [0.1, 0.15) is 51.9 Å².